The van der Waals surface area contributed by atoms with Crippen molar-refractivity contribution in [2.75, 3.05) is 17.7 Å². The van der Waals surface area contributed by atoms with Gasteiger partial charge in [-0.2, -0.15) is 0 Å². The van der Waals surface area contributed by atoms with Crippen molar-refractivity contribution in [2.45, 2.75) is 31.8 Å². The first-order chi connectivity index (χ1) is 14.8. The second kappa shape index (κ2) is 10.9. The van der Waals surface area contributed by atoms with E-state index in [2.05, 4.69) is 15.5 Å². The molecule has 31 heavy (non-hydrogen) atoms. The fourth-order valence-corrected chi connectivity index (χ4v) is 4.07. The average Bonchev–Trinajstić information content (AvgIpc) is 3.08. The Balaban J connectivity index is 1.46. The van der Waals surface area contributed by atoms with E-state index in [1.54, 1.807) is 6.07 Å². The lowest BCUT2D eigenvalue weighted by Crippen LogP contribution is -2.15. The van der Waals surface area contributed by atoms with Crippen molar-refractivity contribution in [2.24, 2.45) is 7.05 Å². The van der Waals surface area contributed by atoms with E-state index in [-0.39, 0.29) is 11.7 Å². The standard InChI is InChI=1S/C22H24Cl2N4O2S/c1-14-12-16(23)9-10-19(14)30-11-5-8-20-26-27-22(28(20)3)31-13-21(29)25-18-7-4-6-17(24)15(18)2/h4,6-7,9-10,12H,5,8,11,13H2,1-3H3,(H,25,29). The number of aryl methyl sites for hydroxylation is 2. The maximum atomic E-state index is 12.3. The molecule has 0 aliphatic carbocycles. The van der Waals surface area contributed by atoms with Gasteiger partial charge in [0.25, 0.3) is 0 Å². The Labute approximate surface area is 196 Å². The number of amides is 1. The quantitative estimate of drug-likeness (QED) is 0.325. The van der Waals surface area contributed by atoms with Crippen molar-refractivity contribution in [1.29, 1.82) is 0 Å². The van der Waals surface area contributed by atoms with Crippen LogP contribution < -0.4 is 10.1 Å². The summed E-state index contributed by atoms with van der Waals surface area (Å²) in [7, 11) is 1.90. The van der Waals surface area contributed by atoms with Gasteiger partial charge in [-0.15, -0.1) is 10.2 Å². The van der Waals surface area contributed by atoms with E-state index in [1.807, 2.05) is 55.8 Å². The van der Waals surface area contributed by atoms with Crippen LogP contribution in [0, 0.1) is 13.8 Å². The van der Waals surface area contributed by atoms with Crippen LogP contribution in [-0.2, 0) is 18.3 Å². The lowest BCUT2D eigenvalue weighted by atomic mass is 10.2. The van der Waals surface area contributed by atoms with E-state index in [4.69, 9.17) is 27.9 Å². The molecule has 0 atom stereocenters. The molecule has 1 heterocycles. The van der Waals surface area contributed by atoms with Crippen molar-refractivity contribution in [3.8, 4) is 5.75 Å². The second-order valence-electron chi connectivity index (χ2n) is 7.07. The van der Waals surface area contributed by atoms with E-state index < -0.39 is 0 Å². The highest BCUT2D eigenvalue weighted by Crippen LogP contribution is 2.24. The first-order valence-corrected chi connectivity index (χ1v) is 11.5. The number of ether oxygens (including phenoxy) is 1. The normalized spacial score (nSPS) is 10.9. The van der Waals surface area contributed by atoms with Crippen molar-refractivity contribution < 1.29 is 9.53 Å². The summed E-state index contributed by atoms with van der Waals surface area (Å²) in [5.74, 6) is 1.80. The van der Waals surface area contributed by atoms with Crippen LogP contribution in [0.2, 0.25) is 10.0 Å². The van der Waals surface area contributed by atoms with Crippen LogP contribution in [-0.4, -0.2) is 33.0 Å². The molecule has 0 saturated carbocycles. The summed E-state index contributed by atoms with van der Waals surface area (Å²) >= 11 is 13.4. The zero-order valence-corrected chi connectivity index (χ0v) is 19.9. The number of halogens is 2. The highest BCUT2D eigenvalue weighted by Gasteiger charge is 2.13. The fourth-order valence-electron chi connectivity index (χ4n) is 2.93. The smallest absolute Gasteiger partial charge is 0.234 e. The Bertz CT molecular complexity index is 1070. The van der Waals surface area contributed by atoms with Gasteiger partial charge >= 0.3 is 0 Å². The van der Waals surface area contributed by atoms with Gasteiger partial charge in [0.05, 0.1) is 12.4 Å². The van der Waals surface area contributed by atoms with Crippen molar-refractivity contribution in [3.63, 3.8) is 0 Å². The largest absolute Gasteiger partial charge is 0.493 e. The summed E-state index contributed by atoms with van der Waals surface area (Å²) in [6.45, 7) is 4.41. The molecule has 0 unspecified atom stereocenters. The zero-order valence-electron chi connectivity index (χ0n) is 17.6. The predicted molar refractivity (Wildman–Crippen MR) is 127 cm³/mol. The summed E-state index contributed by atoms with van der Waals surface area (Å²) in [6, 6.07) is 11.0. The molecule has 0 bridgehead atoms. The van der Waals surface area contributed by atoms with E-state index in [1.165, 1.54) is 11.8 Å². The minimum atomic E-state index is -0.119. The zero-order chi connectivity index (χ0) is 22.4. The molecule has 0 spiro atoms. The molecular weight excluding hydrogens is 455 g/mol. The highest BCUT2D eigenvalue weighted by atomic mass is 35.5. The summed E-state index contributed by atoms with van der Waals surface area (Å²) in [5, 5.41) is 13.4. The van der Waals surface area contributed by atoms with Crippen LogP contribution in [0.5, 0.6) is 5.75 Å². The van der Waals surface area contributed by atoms with Crippen molar-refractivity contribution >= 4 is 46.6 Å². The van der Waals surface area contributed by atoms with Crippen molar-refractivity contribution in [3.05, 3.63) is 63.4 Å². The first kappa shape index (κ1) is 23.4. The van der Waals surface area contributed by atoms with Crippen LogP contribution in [0.1, 0.15) is 23.4 Å². The Morgan fingerprint density at radius 2 is 2.00 bits per heavy atom. The van der Waals surface area contributed by atoms with Gasteiger partial charge in [-0.25, -0.2) is 0 Å². The van der Waals surface area contributed by atoms with E-state index in [0.29, 0.717) is 27.5 Å². The maximum absolute atomic E-state index is 12.3. The lowest BCUT2D eigenvalue weighted by Gasteiger charge is -2.10. The van der Waals surface area contributed by atoms with Gasteiger partial charge in [0.15, 0.2) is 5.16 Å². The topological polar surface area (TPSA) is 69.0 Å². The SMILES string of the molecule is Cc1cc(Cl)ccc1OCCCc1nnc(SCC(=O)Nc2cccc(Cl)c2C)n1C. The van der Waals surface area contributed by atoms with Gasteiger partial charge in [0.2, 0.25) is 5.91 Å². The Hall–Kier alpha value is -2.22. The molecule has 1 amide bonds. The average molecular weight is 479 g/mol. The van der Waals surface area contributed by atoms with Gasteiger partial charge in [-0.3, -0.25) is 4.79 Å². The lowest BCUT2D eigenvalue weighted by molar-refractivity contribution is -0.113. The number of carbonyl (C=O) groups is 1. The van der Waals surface area contributed by atoms with Gasteiger partial charge in [-0.05, 0) is 61.7 Å². The van der Waals surface area contributed by atoms with Crippen LogP contribution >= 0.6 is 35.0 Å². The van der Waals surface area contributed by atoms with Gasteiger partial charge in [0, 0.05) is 29.2 Å². The highest BCUT2D eigenvalue weighted by molar-refractivity contribution is 7.99. The molecule has 3 aromatic rings. The van der Waals surface area contributed by atoms with Gasteiger partial charge in [0.1, 0.15) is 11.6 Å². The molecule has 0 aliphatic heterocycles. The van der Waals surface area contributed by atoms with Crippen LogP contribution in [0.25, 0.3) is 0 Å². The number of rotatable bonds is 9. The first-order valence-electron chi connectivity index (χ1n) is 9.80. The van der Waals surface area contributed by atoms with Crippen LogP contribution in [0.4, 0.5) is 5.69 Å². The summed E-state index contributed by atoms with van der Waals surface area (Å²) in [4.78, 5) is 12.3. The number of anilines is 1. The molecule has 0 radical (unpaired) electrons. The Kier molecular flexibility index (Phi) is 8.23. The monoisotopic (exact) mass is 478 g/mol. The van der Waals surface area contributed by atoms with Gasteiger partial charge < -0.3 is 14.6 Å². The number of hydrogen-bond donors (Lipinski definition) is 1. The third-order valence-electron chi connectivity index (χ3n) is 4.74. The predicted octanol–water partition coefficient (Wildman–Crippen LogP) is 5.48. The molecule has 0 saturated heterocycles. The van der Waals surface area contributed by atoms with Crippen molar-refractivity contribution in [1.82, 2.24) is 14.8 Å². The molecule has 0 fully saturated rings. The number of nitrogens with zero attached hydrogens (tertiary/aromatic N) is 3. The number of carbonyl (C=O) groups excluding carboxylic acids is 1. The summed E-state index contributed by atoms with van der Waals surface area (Å²) in [5.41, 5.74) is 2.57. The molecule has 6 nitrogen and oxygen atoms in total. The Morgan fingerprint density at radius 3 is 2.77 bits per heavy atom. The number of nitrogens with one attached hydrogen (secondary N) is 1. The number of thioether (sulfide) groups is 1. The molecule has 1 aromatic heterocycles. The fraction of sp³-hybridized carbons (Fsp3) is 0.318. The minimum Gasteiger partial charge on any atom is -0.493 e. The summed E-state index contributed by atoms with van der Waals surface area (Å²) < 4.78 is 7.74. The second-order valence-corrected chi connectivity index (χ2v) is 8.86. The van der Waals surface area contributed by atoms with E-state index in [0.717, 1.165) is 35.5 Å². The van der Waals surface area contributed by atoms with Crippen LogP contribution in [0.15, 0.2) is 41.6 Å². The molecule has 9 heteroatoms. The molecule has 164 valence electrons. The molecular formula is C22H24Cl2N4O2S. The third kappa shape index (κ3) is 6.38. The van der Waals surface area contributed by atoms with E-state index >= 15 is 0 Å². The van der Waals surface area contributed by atoms with Gasteiger partial charge in [-0.1, -0.05) is 41.0 Å². The summed E-state index contributed by atoms with van der Waals surface area (Å²) in [6.07, 6.45) is 1.53. The van der Waals surface area contributed by atoms with Crippen LogP contribution in [0.3, 0.4) is 0 Å². The van der Waals surface area contributed by atoms with E-state index in [9.17, 15) is 4.79 Å². The number of benzene rings is 2. The molecule has 1 N–H and O–H groups in total. The maximum Gasteiger partial charge on any atom is 0.234 e. The number of aromatic nitrogens is 3. The minimum absolute atomic E-state index is 0.119. The molecule has 0 aliphatic rings. The Morgan fingerprint density at radius 1 is 1.19 bits per heavy atom. The molecule has 3 rings (SSSR count). The third-order valence-corrected chi connectivity index (χ3v) is 6.40. The number of hydrogen-bond acceptors (Lipinski definition) is 5. The molecule has 2 aromatic carbocycles.